The van der Waals surface area contributed by atoms with Gasteiger partial charge in [-0.3, -0.25) is 0 Å². The molecule has 1 aliphatic heterocycles. The van der Waals surface area contributed by atoms with Crippen LogP contribution in [0.25, 0.3) is 0 Å². The van der Waals surface area contributed by atoms with Crippen LogP contribution in [0.3, 0.4) is 0 Å². The first kappa shape index (κ1) is 11.0. The molecule has 2 rings (SSSR count). The highest BCUT2D eigenvalue weighted by molar-refractivity contribution is 9.10. The zero-order chi connectivity index (χ0) is 10.7. The highest BCUT2D eigenvalue weighted by Crippen LogP contribution is 2.31. The lowest BCUT2D eigenvalue weighted by atomic mass is 10.1. The van der Waals surface area contributed by atoms with Crippen molar-refractivity contribution in [2.75, 3.05) is 24.5 Å². The van der Waals surface area contributed by atoms with Crippen molar-refractivity contribution in [3.63, 3.8) is 0 Å². The number of nitrogens with zero attached hydrogens (tertiary/aromatic N) is 1. The molecule has 0 spiro atoms. The van der Waals surface area contributed by atoms with Gasteiger partial charge in [-0.25, -0.2) is 0 Å². The largest absolute Gasteiger partial charge is 0.369 e. The molecule has 0 aromatic heterocycles. The molecule has 0 unspecified atom stereocenters. The molecular formula is C12H17BrN2. The lowest BCUT2D eigenvalue weighted by Crippen LogP contribution is -2.29. The van der Waals surface area contributed by atoms with E-state index in [2.05, 4.69) is 51.3 Å². The van der Waals surface area contributed by atoms with Crippen molar-refractivity contribution in [3.05, 3.63) is 28.2 Å². The highest BCUT2D eigenvalue weighted by atomic mass is 79.9. The van der Waals surface area contributed by atoms with Gasteiger partial charge < -0.3 is 10.2 Å². The molecule has 0 atom stereocenters. The predicted molar refractivity (Wildman–Crippen MR) is 68.4 cm³/mol. The summed E-state index contributed by atoms with van der Waals surface area (Å²) in [6, 6.07) is 6.45. The number of hydrogen-bond donors (Lipinski definition) is 1. The van der Waals surface area contributed by atoms with Gasteiger partial charge in [0, 0.05) is 30.7 Å². The predicted octanol–water partition coefficient (Wildman–Crippen LogP) is 2.77. The van der Waals surface area contributed by atoms with Crippen LogP contribution in [-0.2, 0) is 6.54 Å². The van der Waals surface area contributed by atoms with Crippen molar-refractivity contribution in [1.29, 1.82) is 0 Å². The molecular weight excluding hydrogens is 252 g/mol. The van der Waals surface area contributed by atoms with Gasteiger partial charge in [-0.15, -0.1) is 0 Å². The average molecular weight is 269 g/mol. The second kappa shape index (κ2) is 4.99. The van der Waals surface area contributed by atoms with Gasteiger partial charge in [0.05, 0.1) is 5.69 Å². The molecule has 0 saturated heterocycles. The lowest BCUT2D eigenvalue weighted by molar-refractivity contribution is 0.683. The third kappa shape index (κ3) is 2.34. The molecule has 1 heterocycles. The van der Waals surface area contributed by atoms with E-state index in [1.54, 1.807) is 0 Å². The van der Waals surface area contributed by atoms with E-state index in [1.807, 2.05) is 0 Å². The van der Waals surface area contributed by atoms with Gasteiger partial charge in [-0.05, 0) is 34.0 Å². The van der Waals surface area contributed by atoms with Crippen LogP contribution in [0.2, 0.25) is 0 Å². The molecule has 1 aliphatic rings. The maximum atomic E-state index is 3.66. The highest BCUT2D eigenvalue weighted by Gasteiger charge is 2.16. The summed E-state index contributed by atoms with van der Waals surface area (Å²) in [5.74, 6) is 0. The van der Waals surface area contributed by atoms with Crippen molar-refractivity contribution >= 4 is 21.6 Å². The third-order valence-corrected chi connectivity index (χ3v) is 3.39. The first-order valence-electron chi connectivity index (χ1n) is 5.56. The Labute approximate surface area is 99.8 Å². The van der Waals surface area contributed by atoms with Crippen LogP contribution in [0.5, 0.6) is 0 Å². The van der Waals surface area contributed by atoms with Crippen LogP contribution in [0, 0.1) is 0 Å². The van der Waals surface area contributed by atoms with E-state index in [4.69, 9.17) is 0 Å². The summed E-state index contributed by atoms with van der Waals surface area (Å²) in [4.78, 5) is 2.47. The van der Waals surface area contributed by atoms with Crippen LogP contribution < -0.4 is 10.2 Å². The van der Waals surface area contributed by atoms with Crippen LogP contribution in [0.15, 0.2) is 22.7 Å². The minimum absolute atomic E-state index is 0.981. The third-order valence-electron chi connectivity index (χ3n) is 2.75. The monoisotopic (exact) mass is 268 g/mol. The number of para-hydroxylation sites is 1. The van der Waals surface area contributed by atoms with Gasteiger partial charge in [0.2, 0.25) is 0 Å². The second-order valence-electron chi connectivity index (χ2n) is 3.91. The molecule has 1 aromatic carbocycles. The number of hydrogen-bond acceptors (Lipinski definition) is 2. The van der Waals surface area contributed by atoms with Gasteiger partial charge >= 0.3 is 0 Å². The maximum Gasteiger partial charge on any atom is 0.0556 e. The number of fused-ring (bicyclic) bond motifs is 1. The summed E-state index contributed by atoms with van der Waals surface area (Å²) in [6.07, 6.45) is 1.20. The minimum Gasteiger partial charge on any atom is -0.369 e. The summed E-state index contributed by atoms with van der Waals surface area (Å²) in [5, 5.41) is 3.46. The number of nitrogens with one attached hydrogen (secondary N) is 1. The molecule has 0 amide bonds. The van der Waals surface area contributed by atoms with E-state index in [-0.39, 0.29) is 0 Å². The maximum absolute atomic E-state index is 3.66. The standard InChI is InChI=1S/C12H17BrN2/c1-2-7-15-8-6-14-9-10-4-3-5-11(13)12(10)15/h3-5,14H,2,6-9H2,1H3. The second-order valence-corrected chi connectivity index (χ2v) is 4.77. The van der Waals surface area contributed by atoms with E-state index in [0.717, 1.165) is 26.2 Å². The number of anilines is 1. The van der Waals surface area contributed by atoms with E-state index in [0.29, 0.717) is 0 Å². The molecule has 3 heteroatoms. The lowest BCUT2D eigenvalue weighted by Gasteiger charge is -2.25. The zero-order valence-corrected chi connectivity index (χ0v) is 10.7. The molecule has 82 valence electrons. The molecule has 0 fully saturated rings. The van der Waals surface area contributed by atoms with Crippen molar-refractivity contribution in [3.8, 4) is 0 Å². The van der Waals surface area contributed by atoms with Crippen LogP contribution in [0.1, 0.15) is 18.9 Å². The first-order valence-corrected chi connectivity index (χ1v) is 6.35. The molecule has 0 bridgehead atoms. The molecule has 1 N–H and O–H groups in total. The Balaban J connectivity index is 2.37. The van der Waals surface area contributed by atoms with Crippen LogP contribution in [-0.4, -0.2) is 19.6 Å². The Morgan fingerprint density at radius 3 is 3.13 bits per heavy atom. The number of halogens is 1. The topological polar surface area (TPSA) is 15.3 Å². The van der Waals surface area contributed by atoms with E-state index in [1.165, 1.54) is 22.1 Å². The van der Waals surface area contributed by atoms with Crippen LogP contribution >= 0.6 is 15.9 Å². The normalized spacial score (nSPS) is 16.0. The summed E-state index contributed by atoms with van der Waals surface area (Å²) in [5.41, 5.74) is 2.78. The zero-order valence-electron chi connectivity index (χ0n) is 9.09. The minimum atomic E-state index is 0.981. The smallest absolute Gasteiger partial charge is 0.0556 e. The summed E-state index contributed by atoms with van der Waals surface area (Å²) < 4.78 is 1.22. The summed E-state index contributed by atoms with van der Waals surface area (Å²) in [6.45, 7) is 6.52. The number of benzene rings is 1. The molecule has 0 aliphatic carbocycles. The summed E-state index contributed by atoms with van der Waals surface area (Å²) >= 11 is 3.66. The Morgan fingerprint density at radius 2 is 2.33 bits per heavy atom. The van der Waals surface area contributed by atoms with Crippen molar-refractivity contribution in [1.82, 2.24) is 5.32 Å². The Morgan fingerprint density at radius 1 is 1.47 bits per heavy atom. The SMILES string of the molecule is CCCN1CCNCc2cccc(Br)c21. The van der Waals surface area contributed by atoms with Crippen LogP contribution in [0.4, 0.5) is 5.69 Å². The molecule has 0 radical (unpaired) electrons. The average Bonchev–Trinajstić information content (AvgIpc) is 2.42. The van der Waals surface area contributed by atoms with Gasteiger partial charge in [0.25, 0.3) is 0 Å². The first-order chi connectivity index (χ1) is 7.33. The Hall–Kier alpha value is -0.540. The Bertz CT molecular complexity index is 338. The van der Waals surface area contributed by atoms with E-state index in [9.17, 15) is 0 Å². The van der Waals surface area contributed by atoms with E-state index >= 15 is 0 Å². The fourth-order valence-corrected chi connectivity index (χ4v) is 2.76. The van der Waals surface area contributed by atoms with Gasteiger partial charge in [0.1, 0.15) is 0 Å². The van der Waals surface area contributed by atoms with Gasteiger partial charge in [-0.2, -0.15) is 0 Å². The molecule has 2 nitrogen and oxygen atoms in total. The van der Waals surface area contributed by atoms with Gasteiger partial charge in [-0.1, -0.05) is 19.1 Å². The molecule has 0 saturated carbocycles. The van der Waals surface area contributed by atoms with Crippen molar-refractivity contribution < 1.29 is 0 Å². The fraction of sp³-hybridized carbons (Fsp3) is 0.500. The van der Waals surface area contributed by atoms with Gasteiger partial charge in [0.15, 0.2) is 0 Å². The summed E-state index contributed by atoms with van der Waals surface area (Å²) in [7, 11) is 0. The van der Waals surface area contributed by atoms with Crippen molar-refractivity contribution in [2.45, 2.75) is 19.9 Å². The van der Waals surface area contributed by atoms with E-state index < -0.39 is 0 Å². The van der Waals surface area contributed by atoms with Crippen molar-refractivity contribution in [2.24, 2.45) is 0 Å². The molecule has 15 heavy (non-hydrogen) atoms. The Kier molecular flexibility index (Phi) is 3.65. The number of rotatable bonds is 2. The fourth-order valence-electron chi connectivity index (χ4n) is 2.10. The molecule has 1 aromatic rings. The quantitative estimate of drug-likeness (QED) is 0.888.